The van der Waals surface area contributed by atoms with Crippen LogP contribution in [0, 0.1) is 0 Å². The zero-order valence-corrected chi connectivity index (χ0v) is 17.4. The van der Waals surface area contributed by atoms with E-state index in [1.807, 2.05) is 0 Å². The summed E-state index contributed by atoms with van der Waals surface area (Å²) in [6.07, 6.45) is -2.09. The standard InChI is InChI=1S/C20H18F3N5O3S/c21-20(22,23)14-5-8-18(25-12-14)28-17(13-3-6-15(7-4-13)32(24,30)31)11-16(26-28)19(29)27-9-1-2-10-27/h3-8,11-12H,1-2,9-10H2,(H2,24,30,31). The van der Waals surface area contributed by atoms with E-state index in [1.165, 1.54) is 35.0 Å². The molecule has 12 heteroatoms. The number of primary sulfonamides is 1. The van der Waals surface area contributed by atoms with E-state index in [2.05, 4.69) is 10.1 Å². The minimum Gasteiger partial charge on any atom is -0.337 e. The zero-order valence-electron chi connectivity index (χ0n) is 16.6. The van der Waals surface area contributed by atoms with Crippen LogP contribution in [0.15, 0.2) is 53.6 Å². The fraction of sp³-hybridized carbons (Fsp3) is 0.250. The van der Waals surface area contributed by atoms with E-state index in [1.54, 1.807) is 4.90 Å². The van der Waals surface area contributed by atoms with Crippen molar-refractivity contribution in [1.82, 2.24) is 19.7 Å². The molecule has 2 aromatic heterocycles. The van der Waals surface area contributed by atoms with Crippen LogP contribution in [0.1, 0.15) is 28.9 Å². The second kappa shape index (κ2) is 8.02. The average molecular weight is 465 g/mol. The molecule has 32 heavy (non-hydrogen) atoms. The Labute approximate surface area is 181 Å². The third-order valence-corrected chi connectivity index (χ3v) is 6.02. The number of carbonyl (C=O) groups is 1. The number of rotatable bonds is 4. The van der Waals surface area contributed by atoms with Crippen LogP contribution in [0.5, 0.6) is 0 Å². The summed E-state index contributed by atoms with van der Waals surface area (Å²) in [6.45, 7) is 1.20. The second-order valence-electron chi connectivity index (χ2n) is 7.30. The van der Waals surface area contributed by atoms with Crippen molar-refractivity contribution in [1.29, 1.82) is 0 Å². The summed E-state index contributed by atoms with van der Waals surface area (Å²) in [4.78, 5) is 18.2. The molecular formula is C20H18F3N5O3S. The van der Waals surface area contributed by atoms with Gasteiger partial charge in [0, 0.05) is 24.8 Å². The first kappa shape index (κ1) is 22.0. The Morgan fingerprint density at radius 3 is 2.22 bits per heavy atom. The lowest BCUT2D eigenvalue weighted by Crippen LogP contribution is -2.28. The molecular weight excluding hydrogens is 447 g/mol. The minimum atomic E-state index is -4.54. The van der Waals surface area contributed by atoms with E-state index in [-0.39, 0.29) is 22.3 Å². The monoisotopic (exact) mass is 465 g/mol. The number of nitrogens with zero attached hydrogens (tertiary/aromatic N) is 4. The van der Waals surface area contributed by atoms with Crippen LogP contribution in [0.2, 0.25) is 0 Å². The van der Waals surface area contributed by atoms with E-state index in [0.29, 0.717) is 30.5 Å². The van der Waals surface area contributed by atoms with Gasteiger partial charge in [-0.3, -0.25) is 4.79 Å². The van der Waals surface area contributed by atoms with Crippen molar-refractivity contribution in [3.05, 3.63) is 59.9 Å². The molecule has 8 nitrogen and oxygen atoms in total. The summed E-state index contributed by atoms with van der Waals surface area (Å²) in [6, 6.07) is 9.07. The number of pyridine rings is 1. The molecule has 0 bridgehead atoms. The van der Waals surface area contributed by atoms with Gasteiger partial charge in [0.2, 0.25) is 10.0 Å². The first-order valence-corrected chi connectivity index (χ1v) is 11.1. The summed E-state index contributed by atoms with van der Waals surface area (Å²) < 4.78 is 63.1. The van der Waals surface area contributed by atoms with Gasteiger partial charge >= 0.3 is 6.18 Å². The largest absolute Gasteiger partial charge is 0.417 e. The van der Waals surface area contributed by atoms with Gasteiger partial charge in [-0.1, -0.05) is 12.1 Å². The van der Waals surface area contributed by atoms with Gasteiger partial charge < -0.3 is 4.90 Å². The molecule has 0 atom stereocenters. The molecule has 1 fully saturated rings. The van der Waals surface area contributed by atoms with Crippen molar-refractivity contribution in [3.63, 3.8) is 0 Å². The lowest BCUT2D eigenvalue weighted by atomic mass is 10.1. The third-order valence-electron chi connectivity index (χ3n) is 5.09. The highest BCUT2D eigenvalue weighted by Gasteiger charge is 2.31. The number of alkyl halides is 3. The Morgan fingerprint density at radius 2 is 1.69 bits per heavy atom. The smallest absolute Gasteiger partial charge is 0.337 e. The summed E-state index contributed by atoms with van der Waals surface area (Å²) in [7, 11) is -3.90. The first-order valence-electron chi connectivity index (χ1n) is 9.60. The molecule has 168 valence electrons. The van der Waals surface area contributed by atoms with Crippen molar-refractivity contribution in [2.75, 3.05) is 13.1 Å². The number of carbonyl (C=O) groups excluding carboxylic acids is 1. The molecule has 2 N–H and O–H groups in total. The Hall–Kier alpha value is -3.25. The van der Waals surface area contributed by atoms with E-state index in [9.17, 15) is 26.4 Å². The maximum absolute atomic E-state index is 12.9. The van der Waals surface area contributed by atoms with Crippen LogP contribution < -0.4 is 5.14 Å². The van der Waals surface area contributed by atoms with Gasteiger partial charge in [-0.25, -0.2) is 23.2 Å². The van der Waals surface area contributed by atoms with E-state index >= 15 is 0 Å². The first-order chi connectivity index (χ1) is 15.0. The third kappa shape index (κ3) is 4.36. The highest BCUT2D eigenvalue weighted by atomic mass is 32.2. The fourth-order valence-electron chi connectivity index (χ4n) is 3.44. The Morgan fingerprint density at radius 1 is 1.03 bits per heavy atom. The Balaban J connectivity index is 1.79. The lowest BCUT2D eigenvalue weighted by Gasteiger charge is -2.12. The van der Waals surface area contributed by atoms with E-state index in [0.717, 1.165) is 25.0 Å². The molecule has 1 aliphatic rings. The average Bonchev–Trinajstić information content (AvgIpc) is 3.43. The van der Waals surface area contributed by atoms with Crippen LogP contribution in [0.4, 0.5) is 13.2 Å². The van der Waals surface area contributed by atoms with Gasteiger partial charge in [-0.05, 0) is 43.2 Å². The molecule has 1 aliphatic heterocycles. The second-order valence-corrected chi connectivity index (χ2v) is 8.86. The molecule has 0 radical (unpaired) electrons. The van der Waals surface area contributed by atoms with Crippen LogP contribution in [0.25, 0.3) is 17.1 Å². The molecule has 0 aliphatic carbocycles. The number of sulfonamides is 1. The van der Waals surface area contributed by atoms with Gasteiger partial charge in [0.05, 0.1) is 16.2 Å². The number of halogens is 3. The number of hydrogen-bond acceptors (Lipinski definition) is 5. The maximum Gasteiger partial charge on any atom is 0.417 e. The normalized spacial score (nSPS) is 14.7. The number of nitrogens with two attached hydrogens (primary N) is 1. The van der Waals surface area contributed by atoms with Crippen molar-refractivity contribution in [2.24, 2.45) is 5.14 Å². The van der Waals surface area contributed by atoms with Crippen LogP contribution in [-0.2, 0) is 16.2 Å². The minimum absolute atomic E-state index is 0.0731. The van der Waals surface area contributed by atoms with Crippen LogP contribution in [0.3, 0.4) is 0 Å². The van der Waals surface area contributed by atoms with Gasteiger partial charge in [0.1, 0.15) is 0 Å². The number of benzene rings is 1. The molecule has 4 rings (SSSR count). The summed E-state index contributed by atoms with van der Waals surface area (Å²) >= 11 is 0. The number of aromatic nitrogens is 3. The fourth-order valence-corrected chi connectivity index (χ4v) is 3.96. The SMILES string of the molecule is NS(=O)(=O)c1ccc(-c2cc(C(=O)N3CCCC3)nn2-c2ccc(C(F)(F)F)cn2)cc1. The topological polar surface area (TPSA) is 111 Å². The molecule has 0 spiro atoms. The predicted molar refractivity (Wildman–Crippen MR) is 108 cm³/mol. The van der Waals surface area contributed by atoms with Gasteiger partial charge in [0.25, 0.3) is 5.91 Å². The highest BCUT2D eigenvalue weighted by molar-refractivity contribution is 7.89. The lowest BCUT2D eigenvalue weighted by molar-refractivity contribution is -0.137. The van der Waals surface area contributed by atoms with E-state index < -0.39 is 21.8 Å². The highest BCUT2D eigenvalue weighted by Crippen LogP contribution is 2.30. The summed E-state index contributed by atoms with van der Waals surface area (Å²) in [5.41, 5.74) is 0.0350. The Kier molecular flexibility index (Phi) is 5.51. The number of hydrogen-bond donors (Lipinski definition) is 1. The molecule has 1 saturated heterocycles. The van der Waals surface area contributed by atoms with E-state index in [4.69, 9.17) is 5.14 Å². The molecule has 1 aromatic carbocycles. The van der Waals surface area contributed by atoms with Crippen molar-refractivity contribution in [2.45, 2.75) is 23.9 Å². The van der Waals surface area contributed by atoms with Crippen molar-refractivity contribution in [3.8, 4) is 17.1 Å². The number of likely N-dealkylation sites (tertiary alicyclic amines) is 1. The van der Waals surface area contributed by atoms with Crippen molar-refractivity contribution < 1.29 is 26.4 Å². The summed E-state index contributed by atoms with van der Waals surface area (Å²) in [5, 5.41) is 9.44. The Bertz CT molecular complexity index is 1250. The molecule has 0 saturated carbocycles. The summed E-state index contributed by atoms with van der Waals surface area (Å²) in [5.74, 6) is -0.223. The van der Waals surface area contributed by atoms with Gasteiger partial charge in [-0.2, -0.15) is 18.3 Å². The molecule has 1 amide bonds. The van der Waals surface area contributed by atoms with Gasteiger partial charge in [0.15, 0.2) is 11.5 Å². The molecule has 0 unspecified atom stereocenters. The molecule has 3 heterocycles. The van der Waals surface area contributed by atoms with Crippen LogP contribution in [-0.4, -0.2) is 47.1 Å². The quantitative estimate of drug-likeness (QED) is 0.637. The number of amides is 1. The van der Waals surface area contributed by atoms with Crippen LogP contribution >= 0.6 is 0 Å². The maximum atomic E-state index is 12.9. The van der Waals surface area contributed by atoms with Gasteiger partial charge in [-0.15, -0.1) is 0 Å². The van der Waals surface area contributed by atoms with Crippen molar-refractivity contribution >= 4 is 15.9 Å². The molecule has 3 aromatic rings. The predicted octanol–water partition coefficient (Wildman–Crippen LogP) is 2.84. The zero-order chi connectivity index (χ0) is 23.1.